The van der Waals surface area contributed by atoms with Gasteiger partial charge in [-0.15, -0.1) is 0 Å². The maximum absolute atomic E-state index is 10.4. The van der Waals surface area contributed by atoms with Gasteiger partial charge in [-0.2, -0.15) is 0 Å². The van der Waals surface area contributed by atoms with Crippen molar-refractivity contribution in [2.24, 2.45) is 0 Å². The molecule has 1 N–H and O–H groups in total. The van der Waals surface area contributed by atoms with E-state index in [1.807, 2.05) is 24.5 Å². The first-order valence-electron chi connectivity index (χ1n) is 9.60. The number of hydrogen-bond acceptors (Lipinski definition) is 4. The zero-order valence-electron chi connectivity index (χ0n) is 17.0. The van der Waals surface area contributed by atoms with Crippen molar-refractivity contribution in [2.75, 3.05) is 6.61 Å². The highest BCUT2D eigenvalue weighted by atomic mass is 16.7. The molecule has 0 amide bonds. The second kappa shape index (κ2) is 9.28. The molecule has 1 atom stereocenters. The highest BCUT2D eigenvalue weighted by molar-refractivity contribution is 5.56. The fourth-order valence-electron chi connectivity index (χ4n) is 3.36. The van der Waals surface area contributed by atoms with Crippen molar-refractivity contribution in [3.63, 3.8) is 0 Å². The number of carbonyl (C=O) groups is 1. The van der Waals surface area contributed by atoms with Gasteiger partial charge in [-0.1, -0.05) is 37.3 Å². The molecule has 0 fully saturated rings. The highest BCUT2D eigenvalue weighted by Gasteiger charge is 2.16. The van der Waals surface area contributed by atoms with Crippen LogP contribution in [0.1, 0.15) is 40.9 Å². The lowest BCUT2D eigenvalue weighted by molar-refractivity contribution is 0.0853. The number of ether oxygens (including phenoxy) is 2. The van der Waals surface area contributed by atoms with Crippen LogP contribution in [0.25, 0.3) is 0 Å². The van der Waals surface area contributed by atoms with Gasteiger partial charge in [-0.3, -0.25) is 0 Å². The quantitative estimate of drug-likeness (QED) is 0.549. The predicted octanol–water partition coefficient (Wildman–Crippen LogP) is 4.93. The predicted molar refractivity (Wildman–Crippen MR) is 110 cm³/mol. The largest absolute Gasteiger partial charge is 0.506 e. The molecule has 0 aliphatic heterocycles. The van der Waals surface area contributed by atoms with Gasteiger partial charge in [0, 0.05) is 18.3 Å². The second-order valence-electron chi connectivity index (χ2n) is 7.04. The third-order valence-corrected chi connectivity index (χ3v) is 5.13. The van der Waals surface area contributed by atoms with Crippen LogP contribution >= 0.6 is 0 Å². The molecule has 0 aliphatic carbocycles. The lowest BCUT2D eigenvalue weighted by atomic mass is 9.93. The Kier molecular flexibility index (Phi) is 6.54. The molecule has 1 unspecified atom stereocenters. The number of hydrogen-bond donors (Lipinski definition) is 1. The van der Waals surface area contributed by atoms with Gasteiger partial charge in [0.2, 0.25) is 0 Å². The molecule has 0 saturated carbocycles. The minimum Gasteiger partial charge on any atom is -0.492 e. The van der Waals surface area contributed by atoms with Crippen molar-refractivity contribution in [3.05, 3.63) is 82.9 Å². The van der Waals surface area contributed by atoms with Crippen LogP contribution in [-0.4, -0.2) is 27.4 Å². The molecule has 1 heterocycles. The third-order valence-electron chi connectivity index (χ3n) is 5.13. The fourth-order valence-corrected chi connectivity index (χ4v) is 3.36. The average Bonchev–Trinajstić information content (AvgIpc) is 3.17. The second-order valence-corrected chi connectivity index (χ2v) is 7.04. The smallest absolute Gasteiger partial charge is 0.492 e. The Labute approximate surface area is 170 Å². The molecule has 3 rings (SSSR count). The molecule has 1 aromatic heterocycles. The molecule has 152 valence electrons. The molecule has 2 aromatic carbocycles. The van der Waals surface area contributed by atoms with Crippen molar-refractivity contribution in [1.29, 1.82) is 0 Å². The molecular formula is C23H26N2O4. The fraction of sp³-hybridized carbons (Fsp3) is 0.304. The number of carboxylic acid groups (broad SMARTS) is 1. The third kappa shape index (κ3) is 5.16. The highest BCUT2D eigenvalue weighted by Crippen LogP contribution is 2.27. The van der Waals surface area contributed by atoms with Crippen LogP contribution in [-0.2, 0) is 17.9 Å². The van der Waals surface area contributed by atoms with E-state index >= 15 is 0 Å². The number of nitrogens with zero attached hydrogens (tertiary/aromatic N) is 2. The first kappa shape index (κ1) is 20.5. The van der Waals surface area contributed by atoms with Gasteiger partial charge in [0.25, 0.3) is 0 Å². The summed E-state index contributed by atoms with van der Waals surface area (Å²) in [5.41, 5.74) is 4.65. The molecule has 0 spiro atoms. The van der Waals surface area contributed by atoms with Crippen molar-refractivity contribution < 1.29 is 19.4 Å². The lowest BCUT2D eigenvalue weighted by Crippen LogP contribution is -2.13. The maximum atomic E-state index is 10.4. The molecule has 29 heavy (non-hydrogen) atoms. The average molecular weight is 394 g/mol. The summed E-state index contributed by atoms with van der Waals surface area (Å²) in [5, 5.41) is 8.54. The standard InChI is InChI=1S/C23H26N2O4/c1-16-5-4-6-21(17(16)2)18(3)22-24-11-12-25(22)13-14-28-20-9-7-19(8-10-20)15-29-23(26)27/h4-12,18H,13-15H2,1-3H3,(H,26,27). The molecule has 3 aromatic rings. The molecule has 0 radical (unpaired) electrons. The summed E-state index contributed by atoms with van der Waals surface area (Å²) >= 11 is 0. The van der Waals surface area contributed by atoms with Gasteiger partial charge in [-0.25, -0.2) is 9.78 Å². The van der Waals surface area contributed by atoms with E-state index in [0.717, 1.165) is 17.1 Å². The van der Waals surface area contributed by atoms with E-state index in [2.05, 4.69) is 53.3 Å². The summed E-state index contributed by atoms with van der Waals surface area (Å²) in [4.78, 5) is 15.0. The van der Waals surface area contributed by atoms with Gasteiger partial charge >= 0.3 is 6.16 Å². The molecule has 0 aliphatic rings. The Morgan fingerprint density at radius 3 is 2.66 bits per heavy atom. The Morgan fingerprint density at radius 2 is 1.93 bits per heavy atom. The van der Waals surface area contributed by atoms with E-state index in [1.54, 1.807) is 12.1 Å². The van der Waals surface area contributed by atoms with Crippen LogP contribution < -0.4 is 4.74 Å². The van der Waals surface area contributed by atoms with E-state index in [-0.39, 0.29) is 12.5 Å². The molecule has 0 bridgehead atoms. The van der Waals surface area contributed by atoms with Crippen molar-refractivity contribution in [1.82, 2.24) is 9.55 Å². The van der Waals surface area contributed by atoms with Gasteiger partial charge in [0.1, 0.15) is 24.8 Å². The van der Waals surface area contributed by atoms with E-state index in [1.165, 1.54) is 16.7 Å². The summed E-state index contributed by atoms with van der Waals surface area (Å²) in [6.45, 7) is 7.69. The van der Waals surface area contributed by atoms with Crippen LogP contribution in [0.2, 0.25) is 0 Å². The number of rotatable bonds is 8. The monoisotopic (exact) mass is 394 g/mol. The van der Waals surface area contributed by atoms with Crippen LogP contribution in [0.5, 0.6) is 5.75 Å². The Bertz CT molecular complexity index is 963. The summed E-state index contributed by atoms with van der Waals surface area (Å²) in [5.74, 6) is 1.94. The minimum absolute atomic E-state index is 0.0320. The number of aryl methyl sites for hydroxylation is 1. The number of aromatic nitrogens is 2. The van der Waals surface area contributed by atoms with Crippen molar-refractivity contribution >= 4 is 6.16 Å². The zero-order valence-corrected chi connectivity index (χ0v) is 17.0. The van der Waals surface area contributed by atoms with Gasteiger partial charge in [0.15, 0.2) is 0 Å². The maximum Gasteiger partial charge on any atom is 0.506 e. The van der Waals surface area contributed by atoms with Crippen LogP contribution in [0.15, 0.2) is 54.9 Å². The Balaban J connectivity index is 1.59. The summed E-state index contributed by atoms with van der Waals surface area (Å²) in [6, 6.07) is 13.6. The molecular weight excluding hydrogens is 368 g/mol. The van der Waals surface area contributed by atoms with Crippen molar-refractivity contribution in [3.8, 4) is 5.75 Å². The van der Waals surface area contributed by atoms with E-state index in [9.17, 15) is 4.79 Å². The summed E-state index contributed by atoms with van der Waals surface area (Å²) < 4.78 is 12.5. The van der Waals surface area contributed by atoms with Crippen LogP contribution in [0, 0.1) is 13.8 Å². The van der Waals surface area contributed by atoms with Gasteiger partial charge in [0.05, 0.1) is 6.54 Å². The van der Waals surface area contributed by atoms with E-state index in [0.29, 0.717) is 13.2 Å². The molecule has 6 heteroatoms. The minimum atomic E-state index is -1.28. The zero-order chi connectivity index (χ0) is 20.8. The van der Waals surface area contributed by atoms with Crippen LogP contribution in [0.3, 0.4) is 0 Å². The summed E-state index contributed by atoms with van der Waals surface area (Å²) in [6.07, 6.45) is 2.53. The van der Waals surface area contributed by atoms with E-state index < -0.39 is 6.16 Å². The molecule has 0 saturated heterocycles. The van der Waals surface area contributed by atoms with Gasteiger partial charge in [-0.05, 0) is 48.2 Å². The van der Waals surface area contributed by atoms with Crippen molar-refractivity contribution in [2.45, 2.75) is 39.8 Å². The first-order valence-corrected chi connectivity index (χ1v) is 9.60. The van der Waals surface area contributed by atoms with Crippen LogP contribution in [0.4, 0.5) is 4.79 Å². The Morgan fingerprint density at radius 1 is 1.17 bits per heavy atom. The normalized spacial score (nSPS) is 11.8. The topological polar surface area (TPSA) is 73.6 Å². The number of benzene rings is 2. The lowest BCUT2D eigenvalue weighted by Gasteiger charge is -2.18. The summed E-state index contributed by atoms with van der Waals surface area (Å²) in [7, 11) is 0. The number of imidazole rings is 1. The SMILES string of the molecule is Cc1cccc(C(C)c2nccn2CCOc2ccc(COC(=O)O)cc2)c1C. The Hall–Kier alpha value is -3.28. The van der Waals surface area contributed by atoms with E-state index in [4.69, 9.17) is 9.84 Å². The van der Waals surface area contributed by atoms with Gasteiger partial charge < -0.3 is 19.1 Å². The molecule has 6 nitrogen and oxygen atoms in total. The first-order chi connectivity index (χ1) is 14.0.